The first-order valence-electron chi connectivity index (χ1n) is 4.72. The average Bonchev–Trinajstić information content (AvgIpc) is 2.16. The van der Waals surface area contributed by atoms with Gasteiger partial charge in [0.05, 0.1) is 11.9 Å². The Morgan fingerprint density at radius 2 is 2.07 bits per heavy atom. The van der Waals surface area contributed by atoms with Gasteiger partial charge in [0.25, 0.3) is 0 Å². The maximum absolute atomic E-state index is 11.0. The lowest BCUT2D eigenvalue weighted by Crippen LogP contribution is -2.25. The molecular weight excluding hydrogens is 176 g/mol. The number of carbonyl (C=O) groups excluding carboxylic acids is 1. The van der Waals surface area contributed by atoms with Gasteiger partial charge in [0.2, 0.25) is 0 Å². The number of carbonyl (C=O) groups is 1. The van der Waals surface area contributed by atoms with Gasteiger partial charge in [-0.3, -0.25) is 9.78 Å². The summed E-state index contributed by atoms with van der Waals surface area (Å²) in [4.78, 5) is 17.2. The van der Waals surface area contributed by atoms with Crippen LogP contribution in [-0.2, 0) is 0 Å². The van der Waals surface area contributed by atoms with Crippen molar-refractivity contribution in [1.29, 1.82) is 0 Å². The summed E-state index contributed by atoms with van der Waals surface area (Å²) in [7, 11) is 2.01. The summed E-state index contributed by atoms with van der Waals surface area (Å²) in [6.07, 6.45) is 1.73. The molecule has 0 spiro atoms. The molecule has 3 heteroatoms. The Balaban J connectivity index is 2.88. The quantitative estimate of drug-likeness (QED) is 0.688. The number of pyridine rings is 1. The van der Waals surface area contributed by atoms with Crippen molar-refractivity contribution in [2.24, 2.45) is 0 Å². The standard InChI is InChI=1S/C11H16N2O/c1-8(2)13(4)10-5-6-11(9(3)14)12-7-10/h5-8H,1-4H3. The Kier molecular flexibility index (Phi) is 3.23. The van der Waals surface area contributed by atoms with Crippen LogP contribution in [0.5, 0.6) is 0 Å². The number of hydrogen-bond donors (Lipinski definition) is 0. The number of hydrogen-bond acceptors (Lipinski definition) is 3. The fourth-order valence-corrected chi connectivity index (χ4v) is 1.10. The third-order valence-electron chi connectivity index (χ3n) is 2.29. The zero-order valence-electron chi connectivity index (χ0n) is 9.11. The molecule has 0 amide bonds. The van der Waals surface area contributed by atoms with Crippen LogP contribution in [0.1, 0.15) is 31.3 Å². The van der Waals surface area contributed by atoms with Gasteiger partial charge in [0, 0.05) is 20.0 Å². The summed E-state index contributed by atoms with van der Waals surface area (Å²) >= 11 is 0. The molecule has 1 rings (SSSR count). The minimum atomic E-state index is 0.00347. The zero-order valence-corrected chi connectivity index (χ0v) is 9.11. The van der Waals surface area contributed by atoms with Crippen LogP contribution in [0.15, 0.2) is 18.3 Å². The van der Waals surface area contributed by atoms with E-state index in [2.05, 4.69) is 23.7 Å². The van der Waals surface area contributed by atoms with Crippen molar-refractivity contribution >= 4 is 11.5 Å². The summed E-state index contributed by atoms with van der Waals surface area (Å²) in [6, 6.07) is 4.11. The fourth-order valence-electron chi connectivity index (χ4n) is 1.10. The van der Waals surface area contributed by atoms with Crippen molar-refractivity contribution in [3.05, 3.63) is 24.0 Å². The monoisotopic (exact) mass is 192 g/mol. The Bertz CT molecular complexity index is 317. The Labute approximate surface area is 84.8 Å². The first-order valence-corrected chi connectivity index (χ1v) is 4.72. The molecule has 0 bridgehead atoms. The molecule has 0 fully saturated rings. The largest absolute Gasteiger partial charge is 0.371 e. The van der Waals surface area contributed by atoms with Crippen molar-refractivity contribution < 1.29 is 4.79 Å². The Hall–Kier alpha value is -1.38. The van der Waals surface area contributed by atoms with Crippen LogP contribution < -0.4 is 4.90 Å². The highest BCUT2D eigenvalue weighted by Gasteiger charge is 2.06. The lowest BCUT2D eigenvalue weighted by atomic mass is 10.2. The molecule has 0 aromatic carbocycles. The summed E-state index contributed by atoms with van der Waals surface area (Å²) < 4.78 is 0. The van der Waals surface area contributed by atoms with Crippen LogP contribution in [0.4, 0.5) is 5.69 Å². The maximum atomic E-state index is 11.0. The molecule has 1 aromatic heterocycles. The summed E-state index contributed by atoms with van der Waals surface area (Å²) in [5.74, 6) is 0.00347. The second-order valence-corrected chi connectivity index (χ2v) is 3.66. The number of anilines is 1. The van der Waals surface area contributed by atoms with Crippen molar-refractivity contribution in [2.45, 2.75) is 26.8 Å². The number of aromatic nitrogens is 1. The van der Waals surface area contributed by atoms with E-state index in [0.717, 1.165) is 5.69 Å². The highest BCUT2D eigenvalue weighted by atomic mass is 16.1. The van der Waals surface area contributed by atoms with Crippen molar-refractivity contribution in [1.82, 2.24) is 4.98 Å². The van der Waals surface area contributed by atoms with Crippen molar-refractivity contribution in [2.75, 3.05) is 11.9 Å². The van der Waals surface area contributed by atoms with Crippen LogP contribution >= 0.6 is 0 Å². The molecule has 0 atom stereocenters. The predicted molar refractivity (Wildman–Crippen MR) is 57.8 cm³/mol. The normalized spacial score (nSPS) is 10.4. The number of rotatable bonds is 3. The topological polar surface area (TPSA) is 33.2 Å². The third-order valence-corrected chi connectivity index (χ3v) is 2.29. The van der Waals surface area contributed by atoms with Gasteiger partial charge in [0.15, 0.2) is 5.78 Å². The average molecular weight is 192 g/mol. The molecule has 0 radical (unpaired) electrons. The molecule has 0 aliphatic carbocycles. The predicted octanol–water partition coefficient (Wildman–Crippen LogP) is 2.13. The Morgan fingerprint density at radius 3 is 2.43 bits per heavy atom. The third kappa shape index (κ3) is 2.31. The first kappa shape index (κ1) is 10.7. The van der Waals surface area contributed by atoms with Gasteiger partial charge < -0.3 is 4.90 Å². The van der Waals surface area contributed by atoms with Crippen LogP contribution in [0, 0.1) is 0 Å². The molecule has 0 saturated heterocycles. The van der Waals surface area contributed by atoms with E-state index in [9.17, 15) is 4.79 Å². The van der Waals surface area contributed by atoms with E-state index >= 15 is 0 Å². The molecule has 0 aliphatic heterocycles. The van der Waals surface area contributed by atoms with Gasteiger partial charge in [-0.15, -0.1) is 0 Å². The molecular formula is C11H16N2O. The minimum Gasteiger partial charge on any atom is -0.371 e. The molecule has 0 aliphatic rings. The summed E-state index contributed by atoms with van der Waals surface area (Å²) in [5, 5.41) is 0. The summed E-state index contributed by atoms with van der Waals surface area (Å²) in [6.45, 7) is 5.74. The van der Waals surface area contributed by atoms with E-state index in [1.165, 1.54) is 6.92 Å². The van der Waals surface area contributed by atoms with Gasteiger partial charge in [-0.2, -0.15) is 0 Å². The summed E-state index contributed by atoms with van der Waals surface area (Å²) in [5.41, 5.74) is 1.55. The molecule has 3 nitrogen and oxygen atoms in total. The molecule has 0 saturated carbocycles. The lowest BCUT2D eigenvalue weighted by molar-refractivity contribution is 0.101. The molecule has 76 valence electrons. The van der Waals surface area contributed by atoms with Gasteiger partial charge >= 0.3 is 0 Å². The number of ketones is 1. The van der Waals surface area contributed by atoms with E-state index in [1.807, 2.05) is 13.1 Å². The number of nitrogens with zero attached hydrogens (tertiary/aromatic N) is 2. The second kappa shape index (κ2) is 4.22. The van der Waals surface area contributed by atoms with Crippen LogP contribution in [0.3, 0.4) is 0 Å². The highest BCUT2D eigenvalue weighted by molar-refractivity contribution is 5.92. The van der Waals surface area contributed by atoms with Crippen molar-refractivity contribution in [3.63, 3.8) is 0 Å². The molecule has 0 unspecified atom stereocenters. The van der Waals surface area contributed by atoms with E-state index in [4.69, 9.17) is 0 Å². The minimum absolute atomic E-state index is 0.00347. The van der Waals surface area contributed by atoms with Gasteiger partial charge in [-0.1, -0.05) is 0 Å². The van der Waals surface area contributed by atoms with Crippen LogP contribution in [0.2, 0.25) is 0 Å². The van der Waals surface area contributed by atoms with E-state index < -0.39 is 0 Å². The van der Waals surface area contributed by atoms with Crippen LogP contribution in [-0.4, -0.2) is 23.9 Å². The van der Waals surface area contributed by atoms with E-state index in [1.54, 1.807) is 12.3 Å². The fraction of sp³-hybridized carbons (Fsp3) is 0.455. The maximum Gasteiger partial charge on any atom is 0.178 e. The first-order chi connectivity index (χ1) is 6.52. The number of Topliss-reactive ketones (excluding diaryl/α,β-unsaturated/α-hetero) is 1. The van der Waals surface area contributed by atoms with Gasteiger partial charge in [-0.25, -0.2) is 0 Å². The molecule has 14 heavy (non-hydrogen) atoms. The lowest BCUT2D eigenvalue weighted by Gasteiger charge is -2.23. The van der Waals surface area contributed by atoms with Gasteiger partial charge in [-0.05, 0) is 26.0 Å². The van der Waals surface area contributed by atoms with Gasteiger partial charge in [0.1, 0.15) is 5.69 Å². The smallest absolute Gasteiger partial charge is 0.178 e. The van der Waals surface area contributed by atoms with E-state index in [-0.39, 0.29) is 5.78 Å². The van der Waals surface area contributed by atoms with E-state index in [0.29, 0.717) is 11.7 Å². The Morgan fingerprint density at radius 1 is 1.43 bits per heavy atom. The zero-order chi connectivity index (χ0) is 10.7. The SMILES string of the molecule is CC(=O)c1ccc(N(C)C(C)C)cn1. The van der Waals surface area contributed by atoms with Crippen molar-refractivity contribution in [3.8, 4) is 0 Å². The molecule has 1 heterocycles. The highest BCUT2D eigenvalue weighted by Crippen LogP contribution is 2.13. The molecule has 0 N–H and O–H groups in total. The van der Waals surface area contributed by atoms with Crippen LogP contribution in [0.25, 0.3) is 0 Å². The molecule has 1 aromatic rings. The second-order valence-electron chi connectivity index (χ2n) is 3.66.